The van der Waals surface area contributed by atoms with Gasteiger partial charge in [-0.3, -0.25) is 18.9 Å². The van der Waals surface area contributed by atoms with E-state index in [1.165, 1.54) is 12.1 Å². The maximum absolute atomic E-state index is 14.9. The molecule has 10 nitrogen and oxygen atoms in total. The lowest BCUT2D eigenvalue weighted by atomic mass is 9.95. The first kappa shape index (κ1) is 29.0. The Bertz CT molecular complexity index is 1850. The fraction of sp³-hybridized carbons (Fsp3) is 0.438. The van der Waals surface area contributed by atoms with E-state index in [4.69, 9.17) is 4.98 Å². The molecule has 0 bridgehead atoms. The third kappa shape index (κ3) is 4.79. The number of anilines is 1. The quantitative estimate of drug-likeness (QED) is 0.317. The Morgan fingerprint density at radius 1 is 1.07 bits per heavy atom. The summed E-state index contributed by atoms with van der Waals surface area (Å²) in [6, 6.07) is 5.45. The van der Waals surface area contributed by atoms with Crippen LogP contribution in [0.2, 0.25) is 0 Å². The summed E-state index contributed by atoms with van der Waals surface area (Å²) in [6.45, 7) is 12.7. The van der Waals surface area contributed by atoms with Gasteiger partial charge in [0.05, 0.1) is 28.7 Å². The first-order valence-corrected chi connectivity index (χ1v) is 16.1. The molecule has 7 rings (SSSR count). The zero-order valence-corrected chi connectivity index (χ0v) is 26.2. The highest BCUT2D eigenvalue weighted by atomic mass is 32.2. The van der Waals surface area contributed by atoms with Crippen LogP contribution in [0.15, 0.2) is 46.7 Å². The van der Waals surface area contributed by atoms with Gasteiger partial charge in [0.15, 0.2) is 0 Å². The van der Waals surface area contributed by atoms with Gasteiger partial charge in [0.1, 0.15) is 11.6 Å². The van der Waals surface area contributed by atoms with E-state index in [-0.39, 0.29) is 23.5 Å². The van der Waals surface area contributed by atoms with E-state index in [1.807, 2.05) is 17.7 Å². The van der Waals surface area contributed by atoms with Crippen molar-refractivity contribution >= 4 is 45.3 Å². The van der Waals surface area contributed by atoms with Crippen molar-refractivity contribution in [1.29, 1.82) is 0 Å². The second-order valence-electron chi connectivity index (χ2n) is 12.1. The molecule has 2 aromatic carbocycles. The molecule has 0 radical (unpaired) electrons. The average molecular weight is 617 g/mol. The lowest BCUT2D eigenvalue weighted by Gasteiger charge is -2.38. The van der Waals surface area contributed by atoms with Crippen molar-refractivity contribution in [2.75, 3.05) is 76.6 Å². The Morgan fingerprint density at radius 3 is 2.55 bits per heavy atom. The first-order valence-electron chi connectivity index (χ1n) is 15.2. The van der Waals surface area contributed by atoms with Crippen molar-refractivity contribution < 1.29 is 9.18 Å². The van der Waals surface area contributed by atoms with Gasteiger partial charge in [0.25, 0.3) is 0 Å². The molecule has 3 aliphatic heterocycles. The number of carbonyl (C=O) groups excluding carboxylic acids is 1. The number of thioether (sulfide) groups is 1. The van der Waals surface area contributed by atoms with Gasteiger partial charge in [-0.15, -0.1) is 11.8 Å². The standard InChI is InChI=1S/C32H37FN8O2S/c1-5-26(42)39-12-14-40(15-13-39)31-23-16-20(2)27(22-6-7-25(33)24-17-34-37(4)28(22)24)30-29(23)41(32(43)35-31)21(19-44-30)18-38-10-8-36(3)9-11-38/h5-7,16-17,21H,1,8-15,18-19H2,2-4H3. The van der Waals surface area contributed by atoms with E-state index in [0.717, 1.165) is 76.5 Å². The second kappa shape index (κ2) is 11.3. The summed E-state index contributed by atoms with van der Waals surface area (Å²) in [4.78, 5) is 40.8. The molecule has 0 saturated carbocycles. The minimum absolute atomic E-state index is 0.0324. The van der Waals surface area contributed by atoms with Gasteiger partial charge in [0.2, 0.25) is 5.91 Å². The van der Waals surface area contributed by atoms with Crippen molar-refractivity contribution in [2.24, 2.45) is 7.05 Å². The van der Waals surface area contributed by atoms with Crippen LogP contribution in [-0.4, -0.2) is 112 Å². The van der Waals surface area contributed by atoms with Gasteiger partial charge in [-0.2, -0.15) is 10.1 Å². The Kier molecular flexibility index (Phi) is 7.46. The molecule has 230 valence electrons. The molecule has 2 aromatic heterocycles. The predicted octanol–water partition coefficient (Wildman–Crippen LogP) is 3.13. The highest BCUT2D eigenvalue weighted by Crippen LogP contribution is 2.47. The largest absolute Gasteiger partial charge is 0.352 e. The van der Waals surface area contributed by atoms with Crippen molar-refractivity contribution in [3.05, 3.63) is 58.9 Å². The van der Waals surface area contributed by atoms with Gasteiger partial charge in [-0.25, -0.2) is 9.18 Å². The number of piperazine rings is 2. The minimum Gasteiger partial charge on any atom is -0.352 e. The predicted molar refractivity (Wildman–Crippen MR) is 173 cm³/mol. The number of hydrogen-bond donors (Lipinski definition) is 0. The molecular weight excluding hydrogens is 579 g/mol. The molecule has 1 unspecified atom stereocenters. The van der Waals surface area contributed by atoms with Crippen molar-refractivity contribution in [2.45, 2.75) is 17.9 Å². The maximum atomic E-state index is 14.9. The summed E-state index contributed by atoms with van der Waals surface area (Å²) >= 11 is 1.78. The molecule has 4 aromatic rings. The van der Waals surface area contributed by atoms with Crippen LogP contribution >= 0.6 is 11.8 Å². The van der Waals surface area contributed by atoms with E-state index in [9.17, 15) is 14.0 Å². The van der Waals surface area contributed by atoms with E-state index in [0.29, 0.717) is 37.4 Å². The van der Waals surface area contributed by atoms with Crippen molar-refractivity contribution in [3.8, 4) is 11.1 Å². The molecule has 1 atom stereocenters. The van der Waals surface area contributed by atoms with Gasteiger partial charge in [-0.1, -0.05) is 6.58 Å². The van der Waals surface area contributed by atoms with Crippen LogP contribution in [0.4, 0.5) is 10.2 Å². The lowest BCUT2D eigenvalue weighted by molar-refractivity contribution is -0.126. The Balaban J connectivity index is 1.41. The number of aromatic nitrogens is 4. The number of carbonyl (C=O) groups is 1. The molecule has 5 heterocycles. The molecule has 1 amide bonds. The molecular formula is C32H37FN8O2S. The number of aryl methyl sites for hydroxylation is 2. The van der Waals surface area contributed by atoms with Crippen LogP contribution in [-0.2, 0) is 11.8 Å². The van der Waals surface area contributed by atoms with Gasteiger partial charge in [0, 0.05) is 93.1 Å². The smallest absolute Gasteiger partial charge is 0.350 e. The van der Waals surface area contributed by atoms with Crippen LogP contribution in [0.1, 0.15) is 11.6 Å². The maximum Gasteiger partial charge on any atom is 0.350 e. The topological polar surface area (TPSA) is 82.7 Å². The molecule has 2 saturated heterocycles. The van der Waals surface area contributed by atoms with Crippen LogP contribution in [0.5, 0.6) is 0 Å². The summed E-state index contributed by atoms with van der Waals surface area (Å²) in [5.74, 6) is 1.01. The van der Waals surface area contributed by atoms with Crippen LogP contribution < -0.4 is 10.6 Å². The fourth-order valence-corrected chi connectivity index (χ4v) is 8.36. The Morgan fingerprint density at radius 2 is 1.82 bits per heavy atom. The van der Waals surface area contributed by atoms with E-state index >= 15 is 0 Å². The number of amides is 1. The third-order valence-electron chi connectivity index (χ3n) is 9.37. The third-order valence-corrected chi connectivity index (χ3v) is 10.6. The number of hydrogen-bond acceptors (Lipinski definition) is 8. The SMILES string of the molecule is C=CC(=O)N1CCN(c2nc(=O)n3c4c(c(-c5ccc(F)c6cnn(C)c56)c(C)cc24)SCC3CN2CCN(C)CC2)CC1. The number of nitrogens with zero attached hydrogens (tertiary/aromatic N) is 8. The average Bonchev–Trinajstić information content (AvgIpc) is 3.43. The monoisotopic (exact) mass is 616 g/mol. The number of halogens is 1. The lowest BCUT2D eigenvalue weighted by Crippen LogP contribution is -2.50. The Labute approximate surface area is 259 Å². The zero-order valence-electron chi connectivity index (χ0n) is 25.4. The van der Waals surface area contributed by atoms with E-state index in [1.54, 1.807) is 27.5 Å². The molecule has 2 fully saturated rings. The normalized spacial score (nSPS) is 19.7. The highest BCUT2D eigenvalue weighted by Gasteiger charge is 2.33. The van der Waals surface area contributed by atoms with E-state index in [2.05, 4.69) is 46.4 Å². The summed E-state index contributed by atoms with van der Waals surface area (Å²) in [6.07, 6.45) is 2.92. The first-order chi connectivity index (χ1) is 21.2. The summed E-state index contributed by atoms with van der Waals surface area (Å²) in [5.41, 5.74) is 4.29. The second-order valence-corrected chi connectivity index (χ2v) is 13.1. The van der Waals surface area contributed by atoms with E-state index < -0.39 is 0 Å². The summed E-state index contributed by atoms with van der Waals surface area (Å²) in [5, 5.41) is 5.78. The van der Waals surface area contributed by atoms with Gasteiger partial charge in [-0.05, 0) is 43.8 Å². The minimum atomic E-state index is -0.304. The number of fused-ring (bicyclic) bond motifs is 1. The number of benzene rings is 2. The van der Waals surface area contributed by atoms with Crippen LogP contribution in [0.3, 0.4) is 0 Å². The van der Waals surface area contributed by atoms with Gasteiger partial charge < -0.3 is 14.7 Å². The molecule has 3 aliphatic rings. The van der Waals surface area contributed by atoms with Crippen LogP contribution in [0.25, 0.3) is 32.9 Å². The Hall–Kier alpha value is -3.74. The van der Waals surface area contributed by atoms with Crippen LogP contribution in [0, 0.1) is 12.7 Å². The summed E-state index contributed by atoms with van der Waals surface area (Å²) in [7, 11) is 3.98. The molecule has 0 aliphatic carbocycles. The number of likely N-dealkylation sites (N-methyl/N-ethyl adjacent to an activating group) is 1. The fourth-order valence-electron chi connectivity index (χ4n) is 6.99. The van der Waals surface area contributed by atoms with Crippen molar-refractivity contribution in [3.63, 3.8) is 0 Å². The molecule has 0 spiro atoms. The molecule has 12 heteroatoms. The molecule has 44 heavy (non-hydrogen) atoms. The highest BCUT2D eigenvalue weighted by molar-refractivity contribution is 7.99. The number of rotatable bonds is 5. The van der Waals surface area contributed by atoms with Crippen molar-refractivity contribution in [1.82, 2.24) is 34.0 Å². The van der Waals surface area contributed by atoms with Gasteiger partial charge >= 0.3 is 5.69 Å². The zero-order chi connectivity index (χ0) is 30.7. The molecule has 0 N–H and O–H groups in total. The summed E-state index contributed by atoms with van der Waals surface area (Å²) < 4.78 is 18.5.